The minimum absolute atomic E-state index is 0.0320. The van der Waals surface area contributed by atoms with Crippen molar-refractivity contribution in [3.05, 3.63) is 0 Å². The second-order valence-corrected chi connectivity index (χ2v) is 1.80. The van der Waals surface area contributed by atoms with Crippen LogP contribution >= 0.6 is 0 Å². The third-order valence-corrected chi connectivity index (χ3v) is 1.03. The van der Waals surface area contributed by atoms with Crippen LogP contribution in [0.2, 0.25) is 0 Å². The molecule has 0 saturated heterocycles. The van der Waals surface area contributed by atoms with Crippen LogP contribution in [0.4, 0.5) is 0 Å². The number of carbonyl (C=O) groups excluding carboxylic acids is 1. The summed E-state index contributed by atoms with van der Waals surface area (Å²) in [5, 5.41) is 5.41. The van der Waals surface area contributed by atoms with Crippen LogP contribution in [0.25, 0.3) is 0 Å². The summed E-state index contributed by atoms with van der Waals surface area (Å²) in [6.45, 7) is 1.17. The minimum Gasteiger partial charge on any atom is -0.359 e. The van der Waals surface area contributed by atoms with Crippen molar-refractivity contribution in [3.63, 3.8) is 0 Å². The number of nitrogens with one attached hydrogen (secondary N) is 2. The summed E-state index contributed by atoms with van der Waals surface area (Å²) in [6.07, 6.45) is 5.45. The maximum absolute atomic E-state index is 10.6. The van der Waals surface area contributed by atoms with Crippen molar-refractivity contribution in [2.75, 3.05) is 20.1 Å². The van der Waals surface area contributed by atoms with E-state index in [0.29, 0.717) is 19.5 Å². The molecule has 0 aromatic rings. The standard InChI is InChI=1S/C7H12N2O/c1-3-5-9-6-4-7(10)8-2/h1,9H,4-6H2,2H3,(H,8,10). The Morgan fingerprint density at radius 3 is 2.90 bits per heavy atom. The average molecular weight is 140 g/mol. The summed E-state index contributed by atoms with van der Waals surface area (Å²) >= 11 is 0. The van der Waals surface area contributed by atoms with Gasteiger partial charge in [0.1, 0.15) is 0 Å². The highest BCUT2D eigenvalue weighted by molar-refractivity contribution is 5.75. The fourth-order valence-electron chi connectivity index (χ4n) is 0.487. The molecule has 10 heavy (non-hydrogen) atoms. The van der Waals surface area contributed by atoms with Crippen LogP contribution in [-0.4, -0.2) is 26.0 Å². The molecule has 0 aromatic carbocycles. The van der Waals surface area contributed by atoms with Crippen molar-refractivity contribution < 1.29 is 4.79 Å². The third kappa shape index (κ3) is 5.13. The number of hydrogen-bond donors (Lipinski definition) is 2. The molecule has 2 N–H and O–H groups in total. The molecule has 0 aliphatic rings. The van der Waals surface area contributed by atoms with Crippen LogP contribution in [0.5, 0.6) is 0 Å². The maximum Gasteiger partial charge on any atom is 0.221 e. The van der Waals surface area contributed by atoms with Crippen molar-refractivity contribution in [1.82, 2.24) is 10.6 Å². The molecule has 0 fully saturated rings. The topological polar surface area (TPSA) is 41.1 Å². The van der Waals surface area contributed by atoms with E-state index in [2.05, 4.69) is 16.6 Å². The maximum atomic E-state index is 10.6. The lowest BCUT2D eigenvalue weighted by atomic mass is 10.4. The second-order valence-electron chi connectivity index (χ2n) is 1.80. The van der Waals surface area contributed by atoms with E-state index in [1.165, 1.54) is 0 Å². The molecule has 0 aliphatic heterocycles. The van der Waals surface area contributed by atoms with Gasteiger partial charge < -0.3 is 10.6 Å². The molecule has 0 aromatic heterocycles. The van der Waals surface area contributed by atoms with Gasteiger partial charge in [-0.3, -0.25) is 4.79 Å². The third-order valence-electron chi connectivity index (χ3n) is 1.03. The van der Waals surface area contributed by atoms with Crippen LogP contribution in [0.15, 0.2) is 0 Å². The predicted molar refractivity (Wildman–Crippen MR) is 40.4 cm³/mol. The molecular formula is C7H12N2O. The first kappa shape index (κ1) is 8.99. The fraction of sp³-hybridized carbons (Fsp3) is 0.571. The molecule has 0 rings (SSSR count). The van der Waals surface area contributed by atoms with Gasteiger partial charge in [0.2, 0.25) is 5.91 Å². The molecule has 1 amide bonds. The van der Waals surface area contributed by atoms with Gasteiger partial charge in [-0.2, -0.15) is 0 Å². The highest BCUT2D eigenvalue weighted by Crippen LogP contribution is 1.73. The van der Waals surface area contributed by atoms with E-state index in [0.717, 1.165) is 0 Å². The molecule has 0 saturated carbocycles. The summed E-state index contributed by atoms with van der Waals surface area (Å²) in [7, 11) is 1.61. The number of terminal acetylenes is 1. The van der Waals surface area contributed by atoms with E-state index >= 15 is 0 Å². The van der Waals surface area contributed by atoms with Crippen molar-refractivity contribution in [1.29, 1.82) is 0 Å². The van der Waals surface area contributed by atoms with Crippen molar-refractivity contribution in [3.8, 4) is 12.3 Å². The zero-order valence-corrected chi connectivity index (χ0v) is 6.11. The molecule has 3 heteroatoms. The van der Waals surface area contributed by atoms with E-state index in [4.69, 9.17) is 6.42 Å². The van der Waals surface area contributed by atoms with E-state index < -0.39 is 0 Å². The summed E-state index contributed by atoms with van der Waals surface area (Å²) in [6, 6.07) is 0. The number of amides is 1. The Morgan fingerprint density at radius 2 is 2.40 bits per heavy atom. The molecule has 3 nitrogen and oxygen atoms in total. The normalized spacial score (nSPS) is 8.40. The van der Waals surface area contributed by atoms with Gasteiger partial charge in [-0.15, -0.1) is 6.42 Å². The van der Waals surface area contributed by atoms with Crippen LogP contribution in [0.3, 0.4) is 0 Å². The molecule has 0 bridgehead atoms. The van der Waals surface area contributed by atoms with E-state index in [9.17, 15) is 4.79 Å². The van der Waals surface area contributed by atoms with Crippen LogP contribution in [0, 0.1) is 12.3 Å². The summed E-state index contributed by atoms with van der Waals surface area (Å²) in [4.78, 5) is 10.6. The predicted octanol–water partition coefficient (Wildman–Crippen LogP) is -0.655. The Hall–Kier alpha value is -1.01. The highest BCUT2D eigenvalue weighted by atomic mass is 16.1. The van der Waals surface area contributed by atoms with Gasteiger partial charge >= 0.3 is 0 Å². The highest BCUT2D eigenvalue weighted by Gasteiger charge is 1.93. The Kier molecular flexibility index (Phi) is 5.50. The fourth-order valence-corrected chi connectivity index (χ4v) is 0.487. The van der Waals surface area contributed by atoms with Crippen molar-refractivity contribution in [2.24, 2.45) is 0 Å². The van der Waals surface area contributed by atoms with Gasteiger partial charge in [-0.05, 0) is 0 Å². The van der Waals surface area contributed by atoms with Gasteiger partial charge in [-0.25, -0.2) is 0 Å². The first-order valence-corrected chi connectivity index (χ1v) is 3.16. The largest absolute Gasteiger partial charge is 0.359 e. The molecule has 0 atom stereocenters. The number of rotatable bonds is 4. The van der Waals surface area contributed by atoms with Gasteiger partial charge in [0.25, 0.3) is 0 Å². The zero-order chi connectivity index (χ0) is 7.82. The molecular weight excluding hydrogens is 128 g/mol. The molecule has 0 radical (unpaired) electrons. The lowest BCUT2D eigenvalue weighted by Crippen LogP contribution is -2.24. The van der Waals surface area contributed by atoms with Crippen molar-refractivity contribution in [2.45, 2.75) is 6.42 Å². The van der Waals surface area contributed by atoms with Gasteiger partial charge in [0.15, 0.2) is 0 Å². The van der Waals surface area contributed by atoms with E-state index in [1.807, 2.05) is 0 Å². The Labute approximate surface area is 61.2 Å². The Bertz CT molecular complexity index is 137. The molecule has 0 aliphatic carbocycles. The number of carbonyl (C=O) groups is 1. The Morgan fingerprint density at radius 1 is 1.70 bits per heavy atom. The summed E-state index contributed by atoms with van der Waals surface area (Å²) < 4.78 is 0. The molecule has 0 heterocycles. The van der Waals surface area contributed by atoms with Crippen LogP contribution in [-0.2, 0) is 4.79 Å². The quantitative estimate of drug-likeness (QED) is 0.402. The monoisotopic (exact) mass is 140 g/mol. The molecule has 0 unspecified atom stereocenters. The minimum atomic E-state index is 0.0320. The van der Waals surface area contributed by atoms with Crippen molar-refractivity contribution >= 4 is 5.91 Å². The summed E-state index contributed by atoms with van der Waals surface area (Å²) in [5.41, 5.74) is 0. The Balaban J connectivity index is 3.05. The van der Waals surface area contributed by atoms with Crippen LogP contribution in [0.1, 0.15) is 6.42 Å². The lowest BCUT2D eigenvalue weighted by molar-refractivity contribution is -0.120. The number of hydrogen-bond acceptors (Lipinski definition) is 2. The molecule has 56 valence electrons. The van der Waals surface area contributed by atoms with E-state index in [-0.39, 0.29) is 5.91 Å². The smallest absolute Gasteiger partial charge is 0.221 e. The van der Waals surface area contributed by atoms with Gasteiger partial charge in [-0.1, -0.05) is 5.92 Å². The average Bonchev–Trinajstić information content (AvgIpc) is 1.98. The zero-order valence-electron chi connectivity index (χ0n) is 6.11. The van der Waals surface area contributed by atoms with Gasteiger partial charge in [0, 0.05) is 20.0 Å². The van der Waals surface area contributed by atoms with Crippen LogP contribution < -0.4 is 10.6 Å². The second kappa shape index (κ2) is 6.12. The van der Waals surface area contributed by atoms with E-state index in [1.54, 1.807) is 7.05 Å². The first-order valence-electron chi connectivity index (χ1n) is 3.16. The van der Waals surface area contributed by atoms with Gasteiger partial charge in [0.05, 0.1) is 6.54 Å². The SMILES string of the molecule is C#CCNCCC(=O)NC. The summed E-state index contributed by atoms with van der Waals surface area (Å²) in [5.74, 6) is 2.45. The molecule has 0 spiro atoms. The lowest BCUT2D eigenvalue weighted by Gasteiger charge is -1.98. The first-order chi connectivity index (χ1) is 4.81.